The topological polar surface area (TPSA) is 49.4 Å². The summed E-state index contributed by atoms with van der Waals surface area (Å²) < 4.78 is 0. The molecule has 0 aromatic heterocycles. The maximum atomic E-state index is 12.8. The Morgan fingerprint density at radius 2 is 1.80 bits per heavy atom. The van der Waals surface area contributed by atoms with Gasteiger partial charge >= 0.3 is 0 Å². The smallest absolute Gasteiger partial charge is 0.243 e. The van der Waals surface area contributed by atoms with Gasteiger partial charge in [0.1, 0.15) is 6.04 Å². The van der Waals surface area contributed by atoms with Gasteiger partial charge in [-0.05, 0) is 38.2 Å². The zero-order valence-electron chi connectivity index (χ0n) is 15.9. The Hall–Kier alpha value is -1.84. The minimum Gasteiger partial charge on any atom is -0.352 e. The van der Waals surface area contributed by atoms with E-state index in [9.17, 15) is 9.59 Å². The third-order valence-corrected chi connectivity index (χ3v) is 5.02. The van der Waals surface area contributed by atoms with Crippen LogP contribution in [-0.2, 0) is 16.1 Å². The SMILES string of the molecule is CCCC(=O)N(Cc1ccc(C)cc1)C(CC)C(=O)NC1CCCC1. The molecule has 2 amide bonds. The summed E-state index contributed by atoms with van der Waals surface area (Å²) in [6.45, 7) is 6.53. The van der Waals surface area contributed by atoms with E-state index in [0.717, 1.165) is 24.8 Å². The van der Waals surface area contributed by atoms with E-state index in [1.54, 1.807) is 4.90 Å². The summed E-state index contributed by atoms with van der Waals surface area (Å²) >= 11 is 0. The maximum absolute atomic E-state index is 12.8. The van der Waals surface area contributed by atoms with Crippen molar-refractivity contribution in [3.8, 4) is 0 Å². The van der Waals surface area contributed by atoms with Crippen LogP contribution < -0.4 is 5.32 Å². The summed E-state index contributed by atoms with van der Waals surface area (Å²) in [6.07, 6.45) is 6.40. The van der Waals surface area contributed by atoms with Crippen LogP contribution in [0.4, 0.5) is 0 Å². The number of rotatable bonds is 8. The molecule has 1 aromatic carbocycles. The number of benzene rings is 1. The molecule has 0 bridgehead atoms. The molecule has 138 valence electrons. The van der Waals surface area contributed by atoms with Crippen LogP contribution in [0, 0.1) is 6.92 Å². The first-order chi connectivity index (χ1) is 12.0. The van der Waals surface area contributed by atoms with Crippen molar-refractivity contribution in [1.82, 2.24) is 10.2 Å². The van der Waals surface area contributed by atoms with E-state index in [0.29, 0.717) is 19.4 Å². The highest BCUT2D eigenvalue weighted by atomic mass is 16.2. The third-order valence-electron chi connectivity index (χ3n) is 5.02. The van der Waals surface area contributed by atoms with Crippen LogP contribution in [0.1, 0.15) is 69.9 Å². The molecule has 1 saturated carbocycles. The molecule has 0 radical (unpaired) electrons. The van der Waals surface area contributed by atoms with E-state index in [1.807, 2.05) is 32.9 Å². The van der Waals surface area contributed by atoms with Crippen molar-refractivity contribution in [2.75, 3.05) is 0 Å². The Kier molecular flexibility index (Phi) is 7.48. The van der Waals surface area contributed by atoms with Gasteiger partial charge in [-0.2, -0.15) is 0 Å². The van der Waals surface area contributed by atoms with E-state index in [-0.39, 0.29) is 23.9 Å². The van der Waals surface area contributed by atoms with Crippen LogP contribution in [0.15, 0.2) is 24.3 Å². The highest BCUT2D eigenvalue weighted by Gasteiger charge is 2.30. The average Bonchev–Trinajstić information content (AvgIpc) is 3.09. The number of carbonyl (C=O) groups is 2. The standard InChI is InChI=1S/C21H32N2O2/c1-4-8-20(24)23(15-17-13-11-16(3)12-14-17)19(5-2)21(25)22-18-9-6-7-10-18/h11-14,18-19H,4-10,15H2,1-3H3,(H,22,25). The lowest BCUT2D eigenvalue weighted by atomic mass is 10.1. The van der Waals surface area contributed by atoms with Crippen molar-refractivity contribution in [3.63, 3.8) is 0 Å². The number of carbonyl (C=O) groups excluding carboxylic acids is 2. The normalized spacial score (nSPS) is 15.8. The molecule has 4 heteroatoms. The lowest BCUT2D eigenvalue weighted by molar-refractivity contribution is -0.141. The maximum Gasteiger partial charge on any atom is 0.243 e. The molecule has 1 fully saturated rings. The summed E-state index contributed by atoms with van der Waals surface area (Å²) in [7, 11) is 0. The first-order valence-electron chi connectivity index (χ1n) is 9.70. The molecule has 0 heterocycles. The predicted molar refractivity (Wildman–Crippen MR) is 101 cm³/mol. The molecule has 1 N–H and O–H groups in total. The van der Waals surface area contributed by atoms with Crippen molar-refractivity contribution in [2.24, 2.45) is 0 Å². The number of nitrogens with zero attached hydrogens (tertiary/aromatic N) is 1. The molecule has 1 atom stereocenters. The summed E-state index contributed by atoms with van der Waals surface area (Å²) in [5.74, 6) is 0.0717. The number of hydrogen-bond donors (Lipinski definition) is 1. The van der Waals surface area contributed by atoms with E-state index >= 15 is 0 Å². The van der Waals surface area contributed by atoms with Gasteiger partial charge < -0.3 is 10.2 Å². The monoisotopic (exact) mass is 344 g/mol. The molecule has 4 nitrogen and oxygen atoms in total. The average molecular weight is 344 g/mol. The summed E-state index contributed by atoms with van der Waals surface area (Å²) in [4.78, 5) is 27.3. The van der Waals surface area contributed by atoms with Crippen LogP contribution in [-0.4, -0.2) is 28.8 Å². The second kappa shape index (κ2) is 9.59. The van der Waals surface area contributed by atoms with Gasteiger partial charge in [-0.3, -0.25) is 9.59 Å². The Labute approximate surface area is 152 Å². The van der Waals surface area contributed by atoms with E-state index in [4.69, 9.17) is 0 Å². The molecule has 0 saturated heterocycles. The molecular formula is C21H32N2O2. The Morgan fingerprint density at radius 1 is 1.16 bits per heavy atom. The summed E-state index contributed by atoms with van der Waals surface area (Å²) in [5, 5.41) is 3.17. The highest BCUT2D eigenvalue weighted by molar-refractivity contribution is 5.87. The van der Waals surface area contributed by atoms with Crippen molar-refractivity contribution in [3.05, 3.63) is 35.4 Å². The quantitative estimate of drug-likeness (QED) is 0.776. The van der Waals surface area contributed by atoms with E-state index in [2.05, 4.69) is 17.4 Å². The molecule has 1 aromatic rings. The Morgan fingerprint density at radius 3 is 2.36 bits per heavy atom. The fraction of sp³-hybridized carbons (Fsp3) is 0.619. The summed E-state index contributed by atoms with van der Waals surface area (Å²) in [6, 6.07) is 8.09. The lowest BCUT2D eigenvalue weighted by Crippen LogP contribution is -2.50. The second-order valence-electron chi connectivity index (χ2n) is 7.17. The first-order valence-corrected chi connectivity index (χ1v) is 9.70. The minimum atomic E-state index is -0.388. The van der Waals surface area contributed by atoms with Gasteiger partial charge in [0.2, 0.25) is 11.8 Å². The molecule has 1 aliphatic rings. The zero-order valence-corrected chi connectivity index (χ0v) is 15.9. The Balaban J connectivity index is 2.13. The van der Waals surface area contributed by atoms with Crippen molar-refractivity contribution < 1.29 is 9.59 Å². The summed E-state index contributed by atoms with van der Waals surface area (Å²) in [5.41, 5.74) is 2.27. The highest BCUT2D eigenvalue weighted by Crippen LogP contribution is 2.19. The largest absolute Gasteiger partial charge is 0.352 e. The first kappa shape index (κ1) is 19.5. The molecular weight excluding hydrogens is 312 g/mol. The van der Waals surface area contributed by atoms with E-state index in [1.165, 1.54) is 18.4 Å². The molecule has 2 rings (SSSR count). The molecule has 1 unspecified atom stereocenters. The number of nitrogens with one attached hydrogen (secondary N) is 1. The molecule has 25 heavy (non-hydrogen) atoms. The van der Waals surface area contributed by atoms with Gasteiger partial charge in [0, 0.05) is 19.0 Å². The van der Waals surface area contributed by atoms with Crippen LogP contribution >= 0.6 is 0 Å². The second-order valence-corrected chi connectivity index (χ2v) is 7.17. The van der Waals surface area contributed by atoms with Crippen molar-refractivity contribution >= 4 is 11.8 Å². The van der Waals surface area contributed by atoms with Gasteiger partial charge in [-0.15, -0.1) is 0 Å². The lowest BCUT2D eigenvalue weighted by Gasteiger charge is -2.31. The van der Waals surface area contributed by atoms with Crippen LogP contribution in [0.25, 0.3) is 0 Å². The minimum absolute atomic E-state index is 0.00552. The van der Waals surface area contributed by atoms with Crippen LogP contribution in [0.3, 0.4) is 0 Å². The fourth-order valence-electron chi connectivity index (χ4n) is 3.53. The van der Waals surface area contributed by atoms with Gasteiger partial charge in [0.05, 0.1) is 0 Å². The van der Waals surface area contributed by atoms with Crippen LogP contribution in [0.5, 0.6) is 0 Å². The van der Waals surface area contributed by atoms with Gasteiger partial charge in [0.25, 0.3) is 0 Å². The van der Waals surface area contributed by atoms with Gasteiger partial charge in [-0.25, -0.2) is 0 Å². The third kappa shape index (κ3) is 5.58. The molecule has 1 aliphatic carbocycles. The van der Waals surface area contributed by atoms with Gasteiger partial charge in [-0.1, -0.05) is 56.5 Å². The molecule has 0 aliphatic heterocycles. The van der Waals surface area contributed by atoms with E-state index < -0.39 is 0 Å². The number of hydrogen-bond acceptors (Lipinski definition) is 2. The van der Waals surface area contributed by atoms with Crippen molar-refractivity contribution in [2.45, 2.75) is 84.3 Å². The molecule has 0 spiro atoms. The predicted octanol–water partition coefficient (Wildman–Crippen LogP) is 3.96. The number of aryl methyl sites for hydroxylation is 1. The van der Waals surface area contributed by atoms with Crippen LogP contribution in [0.2, 0.25) is 0 Å². The van der Waals surface area contributed by atoms with Crippen molar-refractivity contribution in [1.29, 1.82) is 0 Å². The number of amides is 2. The Bertz CT molecular complexity index is 562. The van der Waals surface area contributed by atoms with Gasteiger partial charge in [0.15, 0.2) is 0 Å². The fourth-order valence-corrected chi connectivity index (χ4v) is 3.53. The zero-order chi connectivity index (χ0) is 18.2.